The lowest BCUT2D eigenvalue weighted by atomic mass is 9.92. The molecule has 1 aliphatic rings. The third-order valence-corrected chi connectivity index (χ3v) is 4.01. The van der Waals surface area contributed by atoms with Crippen LogP contribution in [0, 0.1) is 0 Å². The number of aliphatic hydroxyl groups is 1. The van der Waals surface area contributed by atoms with Crippen LogP contribution >= 0.6 is 0 Å². The minimum Gasteiger partial charge on any atom is -0.396 e. The predicted octanol–water partition coefficient (Wildman–Crippen LogP) is 3.69. The minimum atomic E-state index is 0.278. The summed E-state index contributed by atoms with van der Waals surface area (Å²) in [5, 5.41) is 9.21. The molecule has 2 aromatic rings. The quantitative estimate of drug-likeness (QED) is 0.864. The Labute approximate surface area is 108 Å². The van der Waals surface area contributed by atoms with Crippen molar-refractivity contribution in [2.75, 3.05) is 6.61 Å². The molecule has 18 heavy (non-hydrogen) atoms. The van der Waals surface area contributed by atoms with Crippen molar-refractivity contribution in [1.29, 1.82) is 0 Å². The third-order valence-electron chi connectivity index (χ3n) is 4.01. The smallest absolute Gasteiger partial charge is 0.0436 e. The van der Waals surface area contributed by atoms with E-state index in [-0.39, 0.29) is 6.61 Å². The van der Waals surface area contributed by atoms with Crippen LogP contribution in [0.1, 0.15) is 41.4 Å². The highest BCUT2D eigenvalue weighted by Crippen LogP contribution is 2.46. The molecule has 2 aromatic carbocycles. The van der Waals surface area contributed by atoms with Crippen molar-refractivity contribution in [2.24, 2.45) is 0 Å². The molecule has 0 saturated carbocycles. The van der Waals surface area contributed by atoms with Gasteiger partial charge in [-0.25, -0.2) is 0 Å². The number of aliphatic hydroxyl groups excluding tert-OH is 1. The van der Waals surface area contributed by atoms with Crippen LogP contribution in [0.15, 0.2) is 54.6 Å². The zero-order valence-corrected chi connectivity index (χ0v) is 10.4. The lowest BCUT2D eigenvalue weighted by Gasteiger charge is -2.12. The fourth-order valence-electron chi connectivity index (χ4n) is 3.17. The lowest BCUT2D eigenvalue weighted by Crippen LogP contribution is -1.98. The molecule has 0 spiro atoms. The molecule has 0 unspecified atom stereocenters. The van der Waals surface area contributed by atoms with Crippen molar-refractivity contribution >= 4 is 0 Å². The van der Waals surface area contributed by atoms with Gasteiger partial charge >= 0.3 is 0 Å². The van der Waals surface area contributed by atoms with E-state index in [4.69, 9.17) is 0 Å². The topological polar surface area (TPSA) is 20.2 Å². The molecule has 0 amide bonds. The highest BCUT2D eigenvalue weighted by atomic mass is 16.3. The van der Waals surface area contributed by atoms with Crippen molar-refractivity contribution in [3.63, 3.8) is 0 Å². The average Bonchev–Trinajstić information content (AvgIpc) is 2.80. The van der Waals surface area contributed by atoms with Gasteiger partial charge in [0.2, 0.25) is 0 Å². The summed E-state index contributed by atoms with van der Waals surface area (Å²) in [6, 6.07) is 19.4. The van der Waals surface area contributed by atoms with Gasteiger partial charge in [-0.3, -0.25) is 0 Å². The molecule has 1 aliphatic carbocycles. The number of fused-ring (bicyclic) bond motifs is 1. The fraction of sp³-hybridized carbons (Fsp3) is 0.294. The largest absolute Gasteiger partial charge is 0.396 e. The molecule has 1 N–H and O–H groups in total. The molecule has 92 valence electrons. The lowest BCUT2D eigenvalue weighted by molar-refractivity contribution is 0.274. The van der Waals surface area contributed by atoms with Crippen LogP contribution in [0.3, 0.4) is 0 Å². The van der Waals surface area contributed by atoms with Gasteiger partial charge in [0.25, 0.3) is 0 Å². The van der Waals surface area contributed by atoms with Gasteiger partial charge in [0, 0.05) is 12.5 Å². The molecule has 0 bridgehead atoms. The van der Waals surface area contributed by atoms with Gasteiger partial charge in [-0.1, -0.05) is 54.6 Å². The van der Waals surface area contributed by atoms with Crippen LogP contribution in [-0.4, -0.2) is 11.7 Å². The Bertz CT molecular complexity index is 518. The second-order valence-electron chi connectivity index (χ2n) is 5.04. The van der Waals surface area contributed by atoms with Gasteiger partial charge in [-0.15, -0.1) is 0 Å². The van der Waals surface area contributed by atoms with Crippen LogP contribution in [0.5, 0.6) is 0 Å². The first kappa shape index (κ1) is 11.5. The molecule has 2 atom stereocenters. The first-order valence-corrected chi connectivity index (χ1v) is 6.65. The maximum absolute atomic E-state index is 9.21. The average molecular weight is 238 g/mol. The van der Waals surface area contributed by atoms with E-state index >= 15 is 0 Å². The molecule has 0 heterocycles. The number of hydrogen-bond acceptors (Lipinski definition) is 1. The Morgan fingerprint density at radius 3 is 2.28 bits per heavy atom. The van der Waals surface area contributed by atoms with Gasteiger partial charge in [0.15, 0.2) is 0 Å². The van der Waals surface area contributed by atoms with E-state index in [1.165, 1.54) is 16.7 Å². The van der Waals surface area contributed by atoms with E-state index in [0.29, 0.717) is 11.8 Å². The van der Waals surface area contributed by atoms with Gasteiger partial charge in [0.05, 0.1) is 0 Å². The summed E-state index contributed by atoms with van der Waals surface area (Å²) in [7, 11) is 0. The second kappa shape index (κ2) is 4.95. The Morgan fingerprint density at radius 1 is 0.889 bits per heavy atom. The van der Waals surface area contributed by atoms with Crippen LogP contribution < -0.4 is 0 Å². The molecular formula is C17H18O. The second-order valence-corrected chi connectivity index (χ2v) is 5.04. The highest BCUT2D eigenvalue weighted by molar-refractivity contribution is 5.44. The number of benzene rings is 2. The Kier molecular flexibility index (Phi) is 3.16. The maximum atomic E-state index is 9.21. The van der Waals surface area contributed by atoms with Gasteiger partial charge < -0.3 is 5.11 Å². The first-order chi connectivity index (χ1) is 8.90. The van der Waals surface area contributed by atoms with Crippen molar-refractivity contribution < 1.29 is 5.11 Å². The van der Waals surface area contributed by atoms with Crippen molar-refractivity contribution in [1.82, 2.24) is 0 Å². The normalized spacial score (nSPS) is 21.8. The van der Waals surface area contributed by atoms with E-state index in [1.54, 1.807) is 0 Å². The maximum Gasteiger partial charge on any atom is 0.0436 e. The molecule has 0 radical (unpaired) electrons. The Hall–Kier alpha value is -1.60. The van der Waals surface area contributed by atoms with E-state index in [2.05, 4.69) is 54.6 Å². The van der Waals surface area contributed by atoms with Crippen molar-refractivity contribution in [3.05, 3.63) is 71.3 Å². The van der Waals surface area contributed by atoms with Gasteiger partial charge in [-0.05, 0) is 35.4 Å². The summed E-state index contributed by atoms with van der Waals surface area (Å²) in [5.41, 5.74) is 4.27. The summed E-state index contributed by atoms with van der Waals surface area (Å²) in [6.07, 6.45) is 2.00. The fourth-order valence-corrected chi connectivity index (χ4v) is 3.17. The van der Waals surface area contributed by atoms with E-state index < -0.39 is 0 Å². The van der Waals surface area contributed by atoms with Crippen LogP contribution in [0.25, 0.3) is 0 Å². The van der Waals surface area contributed by atoms with Crippen molar-refractivity contribution in [3.8, 4) is 0 Å². The summed E-state index contributed by atoms with van der Waals surface area (Å²) in [4.78, 5) is 0. The molecule has 0 fully saturated rings. The molecule has 0 aromatic heterocycles. The van der Waals surface area contributed by atoms with Gasteiger partial charge in [0.1, 0.15) is 0 Å². The summed E-state index contributed by atoms with van der Waals surface area (Å²) >= 11 is 0. The summed E-state index contributed by atoms with van der Waals surface area (Å²) in [6.45, 7) is 0.278. The molecular weight excluding hydrogens is 220 g/mol. The Balaban J connectivity index is 1.99. The molecule has 1 heteroatoms. The molecule has 1 nitrogen and oxygen atoms in total. The zero-order valence-electron chi connectivity index (χ0n) is 10.4. The molecule has 0 aliphatic heterocycles. The van der Waals surface area contributed by atoms with E-state index in [0.717, 1.165) is 12.8 Å². The zero-order chi connectivity index (χ0) is 12.4. The predicted molar refractivity (Wildman–Crippen MR) is 73.8 cm³/mol. The van der Waals surface area contributed by atoms with Crippen LogP contribution in [0.4, 0.5) is 0 Å². The SMILES string of the molecule is OCC[C@@H]1C[C@H](c2ccccc2)c2ccccc21. The summed E-state index contributed by atoms with van der Waals surface area (Å²) in [5.74, 6) is 1.01. The molecule has 0 saturated heterocycles. The Morgan fingerprint density at radius 2 is 1.56 bits per heavy atom. The highest BCUT2D eigenvalue weighted by Gasteiger charge is 2.30. The number of rotatable bonds is 3. The van der Waals surface area contributed by atoms with Gasteiger partial charge in [-0.2, -0.15) is 0 Å². The third kappa shape index (κ3) is 1.95. The van der Waals surface area contributed by atoms with Crippen molar-refractivity contribution in [2.45, 2.75) is 24.7 Å². The number of hydrogen-bond donors (Lipinski definition) is 1. The van der Waals surface area contributed by atoms with E-state index in [9.17, 15) is 5.11 Å². The first-order valence-electron chi connectivity index (χ1n) is 6.65. The van der Waals surface area contributed by atoms with E-state index in [1.807, 2.05) is 0 Å². The monoisotopic (exact) mass is 238 g/mol. The standard InChI is InChI=1S/C17H18O/c18-11-10-14-12-17(13-6-2-1-3-7-13)16-9-5-4-8-15(14)16/h1-9,14,17-18H,10-12H2/t14-,17-/m1/s1. The molecule has 3 rings (SSSR count). The minimum absolute atomic E-state index is 0.278. The van der Waals surface area contributed by atoms with Crippen LogP contribution in [-0.2, 0) is 0 Å². The summed E-state index contributed by atoms with van der Waals surface area (Å²) < 4.78 is 0. The van der Waals surface area contributed by atoms with Crippen LogP contribution in [0.2, 0.25) is 0 Å².